The summed E-state index contributed by atoms with van der Waals surface area (Å²) in [7, 11) is 0. The van der Waals surface area contributed by atoms with E-state index in [1.54, 1.807) is 42.5 Å². The first-order valence-electron chi connectivity index (χ1n) is 10.9. The van der Waals surface area contributed by atoms with Crippen molar-refractivity contribution in [3.05, 3.63) is 86.9 Å². The molecule has 0 saturated carbocycles. The Kier molecular flexibility index (Phi) is 9.59. The Morgan fingerprint density at radius 3 is 2.37 bits per heavy atom. The van der Waals surface area contributed by atoms with E-state index in [0.717, 1.165) is 5.56 Å². The number of rotatable bonds is 10. The molecule has 0 spiro atoms. The molecule has 8 heteroatoms. The van der Waals surface area contributed by atoms with Crippen molar-refractivity contribution < 1.29 is 19.0 Å². The van der Waals surface area contributed by atoms with Gasteiger partial charge in [-0.25, -0.2) is 0 Å². The van der Waals surface area contributed by atoms with Crippen LogP contribution in [0.4, 0.5) is 5.69 Å². The largest absolute Gasteiger partial charge is 0.494 e. The van der Waals surface area contributed by atoms with Crippen molar-refractivity contribution in [3.8, 4) is 23.3 Å². The molecule has 3 aromatic carbocycles. The van der Waals surface area contributed by atoms with Crippen molar-refractivity contribution in [2.45, 2.75) is 20.5 Å². The molecule has 0 aliphatic heterocycles. The maximum absolute atomic E-state index is 12.7. The number of carbonyl (C=O) groups excluding carboxylic acids is 1. The number of nitriles is 1. The number of halogens is 2. The minimum absolute atomic E-state index is 0.0632. The SMILES string of the molecule is CCOc1ccc(NC(=O)/C(C#N)=C/c2cc(OCC)c(OCc3ccccc3Cl)cc2Br)cc1. The predicted octanol–water partition coefficient (Wildman–Crippen LogP) is 7.02. The molecule has 1 N–H and O–H groups in total. The minimum Gasteiger partial charge on any atom is -0.494 e. The molecule has 3 rings (SSSR count). The van der Waals surface area contributed by atoms with E-state index in [1.807, 2.05) is 38.1 Å². The lowest BCUT2D eigenvalue weighted by atomic mass is 10.1. The Balaban J connectivity index is 1.81. The smallest absolute Gasteiger partial charge is 0.266 e. The van der Waals surface area contributed by atoms with Gasteiger partial charge in [0.1, 0.15) is 24.0 Å². The molecule has 6 nitrogen and oxygen atoms in total. The van der Waals surface area contributed by atoms with E-state index in [9.17, 15) is 10.1 Å². The molecular formula is C27H24BrClN2O4. The summed E-state index contributed by atoms with van der Waals surface area (Å²) in [5, 5.41) is 13.0. The van der Waals surface area contributed by atoms with E-state index in [4.69, 9.17) is 25.8 Å². The molecule has 0 aliphatic rings. The second-order valence-corrected chi connectivity index (χ2v) is 8.48. The first-order chi connectivity index (χ1) is 16.9. The first-order valence-corrected chi connectivity index (χ1v) is 12.1. The minimum atomic E-state index is -0.527. The van der Waals surface area contributed by atoms with E-state index >= 15 is 0 Å². The fourth-order valence-electron chi connectivity index (χ4n) is 3.12. The molecule has 0 atom stereocenters. The van der Waals surface area contributed by atoms with Crippen LogP contribution in [0.15, 0.2) is 70.7 Å². The lowest BCUT2D eigenvalue weighted by molar-refractivity contribution is -0.112. The Morgan fingerprint density at radius 2 is 1.71 bits per heavy atom. The number of nitrogens with one attached hydrogen (secondary N) is 1. The Bertz CT molecular complexity index is 1250. The number of carbonyl (C=O) groups is 1. The van der Waals surface area contributed by atoms with Gasteiger partial charge in [0.2, 0.25) is 0 Å². The van der Waals surface area contributed by atoms with Crippen LogP contribution in [0, 0.1) is 11.3 Å². The summed E-state index contributed by atoms with van der Waals surface area (Å²) in [4.78, 5) is 12.7. The topological polar surface area (TPSA) is 80.6 Å². The van der Waals surface area contributed by atoms with Crippen molar-refractivity contribution in [3.63, 3.8) is 0 Å². The fourth-order valence-corrected chi connectivity index (χ4v) is 3.74. The average molecular weight is 556 g/mol. The van der Waals surface area contributed by atoms with Crippen molar-refractivity contribution in [2.75, 3.05) is 18.5 Å². The zero-order valence-corrected chi connectivity index (χ0v) is 21.7. The number of hydrogen-bond donors (Lipinski definition) is 1. The van der Waals surface area contributed by atoms with Gasteiger partial charge in [0.25, 0.3) is 5.91 Å². The quantitative estimate of drug-likeness (QED) is 0.215. The fraction of sp³-hybridized carbons (Fsp3) is 0.185. The summed E-state index contributed by atoms with van der Waals surface area (Å²) in [6, 6.07) is 19.8. The van der Waals surface area contributed by atoms with Gasteiger partial charge < -0.3 is 19.5 Å². The highest BCUT2D eigenvalue weighted by molar-refractivity contribution is 9.10. The molecule has 0 heterocycles. The normalized spacial score (nSPS) is 10.9. The monoisotopic (exact) mass is 554 g/mol. The maximum Gasteiger partial charge on any atom is 0.266 e. The molecule has 180 valence electrons. The third kappa shape index (κ3) is 7.25. The molecule has 0 aromatic heterocycles. The van der Waals surface area contributed by atoms with Gasteiger partial charge in [-0.05, 0) is 68.0 Å². The Labute approximate surface area is 218 Å². The van der Waals surface area contributed by atoms with Crippen LogP contribution in [0.2, 0.25) is 5.02 Å². The number of hydrogen-bond acceptors (Lipinski definition) is 5. The zero-order valence-electron chi connectivity index (χ0n) is 19.3. The molecule has 0 aliphatic carbocycles. The van der Waals surface area contributed by atoms with E-state index in [1.165, 1.54) is 6.08 Å². The summed E-state index contributed by atoms with van der Waals surface area (Å²) < 4.78 is 17.8. The van der Waals surface area contributed by atoms with Gasteiger partial charge in [-0.2, -0.15) is 5.26 Å². The second-order valence-electron chi connectivity index (χ2n) is 7.21. The van der Waals surface area contributed by atoms with Gasteiger partial charge in [0.15, 0.2) is 11.5 Å². The van der Waals surface area contributed by atoms with Crippen LogP contribution >= 0.6 is 27.5 Å². The standard InChI is InChI=1S/C27H24BrClN2O4/c1-3-33-22-11-9-21(10-12-22)31-27(32)20(16-30)13-19-14-25(34-4-2)26(15-23(19)28)35-17-18-7-5-6-8-24(18)29/h5-15H,3-4,17H2,1-2H3,(H,31,32)/b20-13+. The molecule has 0 fully saturated rings. The molecule has 3 aromatic rings. The van der Waals surface area contributed by atoms with E-state index in [-0.39, 0.29) is 12.2 Å². The Morgan fingerprint density at radius 1 is 1.03 bits per heavy atom. The van der Waals surface area contributed by atoms with Crippen molar-refractivity contribution >= 4 is 45.2 Å². The lowest BCUT2D eigenvalue weighted by Gasteiger charge is -2.15. The summed E-state index contributed by atoms with van der Waals surface area (Å²) >= 11 is 9.74. The molecular weight excluding hydrogens is 532 g/mol. The van der Waals surface area contributed by atoms with E-state index in [2.05, 4.69) is 21.2 Å². The van der Waals surface area contributed by atoms with Gasteiger partial charge in [-0.3, -0.25) is 4.79 Å². The van der Waals surface area contributed by atoms with Crippen LogP contribution in [-0.4, -0.2) is 19.1 Å². The number of nitrogens with zero attached hydrogens (tertiary/aromatic N) is 1. The molecule has 0 saturated heterocycles. The average Bonchev–Trinajstić information content (AvgIpc) is 2.85. The molecule has 35 heavy (non-hydrogen) atoms. The van der Waals surface area contributed by atoms with Gasteiger partial charge >= 0.3 is 0 Å². The van der Waals surface area contributed by atoms with Crippen molar-refractivity contribution in [2.24, 2.45) is 0 Å². The second kappa shape index (κ2) is 12.8. The van der Waals surface area contributed by atoms with Crippen molar-refractivity contribution in [1.82, 2.24) is 0 Å². The highest BCUT2D eigenvalue weighted by Crippen LogP contribution is 2.36. The lowest BCUT2D eigenvalue weighted by Crippen LogP contribution is -2.13. The van der Waals surface area contributed by atoms with Gasteiger partial charge in [0, 0.05) is 20.7 Å². The van der Waals surface area contributed by atoms with Crippen LogP contribution < -0.4 is 19.5 Å². The van der Waals surface area contributed by atoms with Crippen molar-refractivity contribution in [1.29, 1.82) is 5.26 Å². The molecule has 1 amide bonds. The maximum atomic E-state index is 12.7. The van der Waals surface area contributed by atoms with Gasteiger partial charge in [-0.1, -0.05) is 45.7 Å². The van der Waals surface area contributed by atoms with Crippen LogP contribution in [0.25, 0.3) is 6.08 Å². The molecule has 0 bridgehead atoms. The van der Waals surface area contributed by atoms with Gasteiger partial charge in [-0.15, -0.1) is 0 Å². The number of amides is 1. The van der Waals surface area contributed by atoms with E-state index < -0.39 is 5.91 Å². The van der Waals surface area contributed by atoms with Gasteiger partial charge in [0.05, 0.1) is 13.2 Å². The first kappa shape index (κ1) is 26.1. The summed E-state index contributed by atoms with van der Waals surface area (Å²) in [5.41, 5.74) is 1.93. The van der Waals surface area contributed by atoms with Crippen LogP contribution in [0.3, 0.4) is 0 Å². The predicted molar refractivity (Wildman–Crippen MR) is 141 cm³/mol. The number of benzene rings is 3. The highest BCUT2D eigenvalue weighted by Gasteiger charge is 2.15. The van der Waals surface area contributed by atoms with Crippen LogP contribution in [-0.2, 0) is 11.4 Å². The summed E-state index contributed by atoms with van der Waals surface area (Å²) in [6.45, 7) is 4.98. The number of ether oxygens (including phenoxy) is 3. The third-order valence-electron chi connectivity index (χ3n) is 4.79. The number of anilines is 1. The van der Waals surface area contributed by atoms with E-state index in [0.29, 0.717) is 51.2 Å². The van der Waals surface area contributed by atoms with Crippen LogP contribution in [0.1, 0.15) is 25.0 Å². The third-order valence-corrected chi connectivity index (χ3v) is 5.85. The highest BCUT2D eigenvalue weighted by atomic mass is 79.9. The van der Waals surface area contributed by atoms with Crippen LogP contribution in [0.5, 0.6) is 17.2 Å². The summed E-state index contributed by atoms with van der Waals surface area (Å²) in [6.07, 6.45) is 1.49. The Hall–Kier alpha value is -3.47. The zero-order chi connectivity index (χ0) is 25.2. The molecule has 0 radical (unpaired) electrons. The molecule has 0 unspecified atom stereocenters. The summed E-state index contributed by atoms with van der Waals surface area (Å²) in [5.74, 6) is 1.16.